The van der Waals surface area contributed by atoms with Crippen molar-refractivity contribution in [2.75, 3.05) is 6.79 Å². The molecule has 100 valence electrons. The number of rotatable bonds is 4. The van der Waals surface area contributed by atoms with Crippen LogP contribution in [-0.4, -0.2) is 18.4 Å². The second-order valence-corrected chi connectivity index (χ2v) is 6.57. The van der Waals surface area contributed by atoms with Crippen LogP contribution in [0.5, 0.6) is 0 Å². The first-order valence-electron chi connectivity index (χ1n) is 7.03. The Labute approximate surface area is 109 Å². The van der Waals surface area contributed by atoms with E-state index in [0.29, 0.717) is 5.57 Å². The van der Waals surface area contributed by atoms with Crippen molar-refractivity contribution in [1.82, 2.24) is 0 Å². The van der Waals surface area contributed by atoms with E-state index in [4.69, 9.17) is 9.47 Å². The van der Waals surface area contributed by atoms with E-state index in [1.165, 1.54) is 38.5 Å². The molecule has 0 aromatic rings. The van der Waals surface area contributed by atoms with Crippen LogP contribution >= 0.6 is 0 Å². The van der Waals surface area contributed by atoms with Crippen molar-refractivity contribution in [3.63, 3.8) is 0 Å². The third-order valence-electron chi connectivity index (χ3n) is 4.89. The first-order valence-corrected chi connectivity index (χ1v) is 7.03. The molecule has 0 heterocycles. The molecule has 3 nitrogen and oxygen atoms in total. The SMILES string of the molecule is C=C(C)C(=O)OCOC12CC3CC(CC(C3)C1)C2. The highest BCUT2D eigenvalue weighted by atomic mass is 16.7. The van der Waals surface area contributed by atoms with Crippen molar-refractivity contribution in [2.24, 2.45) is 17.8 Å². The van der Waals surface area contributed by atoms with E-state index in [9.17, 15) is 4.79 Å². The predicted octanol–water partition coefficient (Wildman–Crippen LogP) is 3.05. The number of hydrogen-bond acceptors (Lipinski definition) is 3. The van der Waals surface area contributed by atoms with Crippen molar-refractivity contribution in [3.8, 4) is 0 Å². The molecule has 0 aliphatic heterocycles. The highest BCUT2D eigenvalue weighted by Crippen LogP contribution is 2.57. The predicted molar refractivity (Wildman–Crippen MR) is 67.8 cm³/mol. The third-order valence-corrected chi connectivity index (χ3v) is 4.89. The van der Waals surface area contributed by atoms with Crippen molar-refractivity contribution >= 4 is 5.97 Å². The van der Waals surface area contributed by atoms with E-state index in [1.807, 2.05) is 0 Å². The van der Waals surface area contributed by atoms with Crippen LogP contribution in [0, 0.1) is 17.8 Å². The summed E-state index contributed by atoms with van der Waals surface area (Å²) in [5.74, 6) is 2.22. The molecule has 4 rings (SSSR count). The minimum Gasteiger partial charge on any atom is -0.435 e. The first-order chi connectivity index (χ1) is 8.56. The Morgan fingerprint density at radius 2 is 1.67 bits per heavy atom. The highest BCUT2D eigenvalue weighted by molar-refractivity contribution is 5.86. The molecular weight excluding hydrogens is 228 g/mol. The molecule has 4 fully saturated rings. The molecule has 0 aromatic carbocycles. The van der Waals surface area contributed by atoms with Gasteiger partial charge < -0.3 is 9.47 Å². The Kier molecular flexibility index (Phi) is 2.97. The molecule has 0 saturated heterocycles. The Morgan fingerprint density at radius 3 is 2.11 bits per heavy atom. The van der Waals surface area contributed by atoms with E-state index in [1.54, 1.807) is 6.92 Å². The number of carbonyl (C=O) groups is 1. The second kappa shape index (κ2) is 4.37. The normalized spacial score (nSPS) is 40.8. The van der Waals surface area contributed by atoms with Crippen molar-refractivity contribution in [3.05, 3.63) is 12.2 Å². The van der Waals surface area contributed by atoms with Gasteiger partial charge in [0.25, 0.3) is 0 Å². The summed E-state index contributed by atoms with van der Waals surface area (Å²) in [6, 6.07) is 0. The second-order valence-electron chi connectivity index (χ2n) is 6.57. The lowest BCUT2D eigenvalue weighted by Gasteiger charge is -2.56. The molecule has 0 aromatic heterocycles. The van der Waals surface area contributed by atoms with Crippen LogP contribution in [0.15, 0.2) is 12.2 Å². The van der Waals surface area contributed by atoms with Crippen LogP contribution in [0.2, 0.25) is 0 Å². The summed E-state index contributed by atoms with van der Waals surface area (Å²) in [4.78, 5) is 11.3. The summed E-state index contributed by atoms with van der Waals surface area (Å²) < 4.78 is 11.1. The van der Waals surface area contributed by atoms with E-state index in [-0.39, 0.29) is 18.4 Å². The third kappa shape index (κ3) is 2.20. The smallest absolute Gasteiger partial charge is 0.335 e. The molecule has 0 atom stereocenters. The van der Waals surface area contributed by atoms with Gasteiger partial charge >= 0.3 is 5.97 Å². The first kappa shape index (κ1) is 12.2. The Morgan fingerprint density at radius 1 is 1.17 bits per heavy atom. The quantitative estimate of drug-likeness (QED) is 0.437. The van der Waals surface area contributed by atoms with E-state index < -0.39 is 0 Å². The van der Waals surface area contributed by atoms with Crippen LogP contribution in [-0.2, 0) is 14.3 Å². The molecule has 0 amide bonds. The summed E-state index contributed by atoms with van der Waals surface area (Å²) >= 11 is 0. The summed E-state index contributed by atoms with van der Waals surface area (Å²) in [5, 5.41) is 0. The monoisotopic (exact) mass is 250 g/mol. The lowest BCUT2D eigenvalue weighted by atomic mass is 9.54. The zero-order chi connectivity index (χ0) is 12.8. The minimum absolute atomic E-state index is 0.0180. The Hall–Kier alpha value is -0.830. The summed E-state index contributed by atoms with van der Waals surface area (Å²) in [6.07, 6.45) is 7.70. The van der Waals surface area contributed by atoms with E-state index in [0.717, 1.165) is 17.8 Å². The molecule has 4 saturated carbocycles. The van der Waals surface area contributed by atoms with Gasteiger partial charge in [0.05, 0.1) is 5.60 Å². The topological polar surface area (TPSA) is 35.5 Å². The number of hydrogen-bond donors (Lipinski definition) is 0. The molecule has 0 unspecified atom stereocenters. The molecule has 4 aliphatic rings. The van der Waals surface area contributed by atoms with Gasteiger partial charge in [-0.15, -0.1) is 0 Å². The molecule has 4 bridgehead atoms. The molecule has 3 heteroatoms. The maximum atomic E-state index is 11.3. The summed E-state index contributed by atoms with van der Waals surface area (Å²) in [7, 11) is 0. The van der Waals surface area contributed by atoms with Gasteiger partial charge in [-0.3, -0.25) is 0 Å². The summed E-state index contributed by atoms with van der Waals surface area (Å²) in [6.45, 7) is 5.33. The molecule has 0 N–H and O–H groups in total. The molecule has 0 radical (unpaired) electrons. The van der Waals surface area contributed by atoms with Crippen LogP contribution in [0.1, 0.15) is 45.4 Å². The van der Waals surface area contributed by atoms with Gasteiger partial charge in [0.15, 0.2) is 6.79 Å². The van der Waals surface area contributed by atoms with Gasteiger partial charge in [-0.1, -0.05) is 6.58 Å². The van der Waals surface area contributed by atoms with Crippen molar-refractivity contribution in [1.29, 1.82) is 0 Å². The van der Waals surface area contributed by atoms with Crippen molar-refractivity contribution in [2.45, 2.75) is 51.0 Å². The van der Waals surface area contributed by atoms with Crippen molar-refractivity contribution < 1.29 is 14.3 Å². The lowest BCUT2D eigenvalue weighted by molar-refractivity contribution is -0.208. The maximum absolute atomic E-state index is 11.3. The molecular formula is C15H22O3. The standard InChI is InChI=1S/C15H22O3/c1-10(2)14(16)17-9-18-15-6-11-3-12(7-15)5-13(4-11)8-15/h11-13H,1,3-9H2,2H3. The number of esters is 1. The van der Waals surface area contributed by atoms with Crippen LogP contribution in [0.25, 0.3) is 0 Å². The van der Waals surface area contributed by atoms with Gasteiger partial charge in [0.1, 0.15) is 0 Å². The van der Waals surface area contributed by atoms with Gasteiger partial charge in [0.2, 0.25) is 0 Å². The average molecular weight is 250 g/mol. The molecule has 4 aliphatic carbocycles. The fraction of sp³-hybridized carbons (Fsp3) is 0.800. The molecule has 0 spiro atoms. The number of carbonyl (C=O) groups excluding carboxylic acids is 1. The molecule has 18 heavy (non-hydrogen) atoms. The highest BCUT2D eigenvalue weighted by Gasteiger charge is 2.51. The minimum atomic E-state index is -0.347. The van der Waals surface area contributed by atoms with Gasteiger partial charge in [0, 0.05) is 5.57 Å². The van der Waals surface area contributed by atoms with Crippen LogP contribution < -0.4 is 0 Å². The zero-order valence-corrected chi connectivity index (χ0v) is 11.1. The summed E-state index contributed by atoms with van der Waals surface area (Å²) in [5.41, 5.74) is 0.452. The van der Waals surface area contributed by atoms with Gasteiger partial charge in [-0.05, 0) is 63.2 Å². The fourth-order valence-electron chi connectivity index (χ4n) is 4.54. The Balaban J connectivity index is 1.56. The Bertz CT molecular complexity index is 337. The fourth-order valence-corrected chi connectivity index (χ4v) is 4.54. The van der Waals surface area contributed by atoms with Gasteiger partial charge in [-0.25, -0.2) is 4.79 Å². The van der Waals surface area contributed by atoms with Crippen LogP contribution in [0.3, 0.4) is 0 Å². The van der Waals surface area contributed by atoms with E-state index >= 15 is 0 Å². The largest absolute Gasteiger partial charge is 0.435 e. The van der Waals surface area contributed by atoms with Crippen LogP contribution in [0.4, 0.5) is 0 Å². The maximum Gasteiger partial charge on any atom is 0.335 e. The average Bonchev–Trinajstić information content (AvgIpc) is 2.26. The van der Waals surface area contributed by atoms with E-state index in [2.05, 4.69) is 6.58 Å². The number of ether oxygens (including phenoxy) is 2. The zero-order valence-electron chi connectivity index (χ0n) is 11.1. The lowest BCUT2D eigenvalue weighted by Crippen LogP contribution is -2.52. The van der Waals surface area contributed by atoms with Gasteiger partial charge in [-0.2, -0.15) is 0 Å².